The van der Waals surface area contributed by atoms with Crippen LogP contribution in [0.25, 0.3) is 0 Å². The Bertz CT molecular complexity index is 346. The minimum Gasteiger partial charge on any atom is -0.372 e. The van der Waals surface area contributed by atoms with Gasteiger partial charge in [-0.15, -0.1) is 11.6 Å². The van der Waals surface area contributed by atoms with Gasteiger partial charge >= 0.3 is 0 Å². The molecule has 0 spiro atoms. The van der Waals surface area contributed by atoms with Crippen molar-refractivity contribution in [2.45, 2.75) is 44.8 Å². The molecule has 0 fully saturated rings. The predicted molar refractivity (Wildman–Crippen MR) is 63.3 cm³/mol. The summed E-state index contributed by atoms with van der Waals surface area (Å²) in [4.78, 5) is 0. The topological polar surface area (TPSA) is 9.23 Å². The number of hydrogen-bond donors (Lipinski definition) is 0. The third kappa shape index (κ3) is 2.53. The molecule has 2 atom stereocenters. The molecular weight excluding hydrogens is 208 g/mol. The van der Waals surface area contributed by atoms with E-state index >= 15 is 0 Å². The molecule has 0 aliphatic carbocycles. The second-order valence-electron chi connectivity index (χ2n) is 4.44. The maximum absolute atomic E-state index is 6.02. The second-order valence-corrected chi connectivity index (χ2v) is 5.18. The molecule has 1 aromatic rings. The summed E-state index contributed by atoms with van der Waals surface area (Å²) < 4.78 is 5.40. The van der Waals surface area contributed by atoms with Crippen LogP contribution in [0.2, 0.25) is 0 Å². The monoisotopic (exact) mass is 224 g/mol. The van der Waals surface area contributed by atoms with Gasteiger partial charge in [0.25, 0.3) is 0 Å². The standard InChI is InChI=1S/C13H17ClO/c1-9(5-10(2)14)11-3-4-12-7-15-8-13(12)6-11/h3-4,6,9-10H,5,7-8H2,1-2H3. The van der Waals surface area contributed by atoms with Crippen molar-refractivity contribution in [3.05, 3.63) is 34.9 Å². The summed E-state index contributed by atoms with van der Waals surface area (Å²) in [5, 5.41) is 0.240. The van der Waals surface area contributed by atoms with E-state index in [2.05, 4.69) is 32.0 Å². The zero-order valence-corrected chi connectivity index (χ0v) is 10.1. The Morgan fingerprint density at radius 1 is 1.27 bits per heavy atom. The van der Waals surface area contributed by atoms with Gasteiger partial charge in [-0.2, -0.15) is 0 Å². The molecular formula is C13H17ClO. The first kappa shape index (κ1) is 11.0. The Morgan fingerprint density at radius 2 is 2.00 bits per heavy atom. The van der Waals surface area contributed by atoms with Gasteiger partial charge in [-0.25, -0.2) is 0 Å². The Balaban J connectivity index is 2.15. The van der Waals surface area contributed by atoms with E-state index in [1.54, 1.807) is 0 Å². The number of ether oxygens (including phenoxy) is 1. The van der Waals surface area contributed by atoms with Gasteiger partial charge in [0.15, 0.2) is 0 Å². The van der Waals surface area contributed by atoms with Crippen molar-refractivity contribution in [1.82, 2.24) is 0 Å². The lowest BCUT2D eigenvalue weighted by molar-refractivity contribution is 0.134. The summed E-state index contributed by atoms with van der Waals surface area (Å²) in [6.07, 6.45) is 1.03. The first-order chi connectivity index (χ1) is 7.16. The van der Waals surface area contributed by atoms with Crippen molar-refractivity contribution in [1.29, 1.82) is 0 Å². The van der Waals surface area contributed by atoms with Crippen LogP contribution in [-0.4, -0.2) is 5.38 Å². The van der Waals surface area contributed by atoms with Crippen molar-refractivity contribution < 1.29 is 4.74 Å². The molecule has 0 bridgehead atoms. The lowest BCUT2D eigenvalue weighted by Gasteiger charge is -2.14. The van der Waals surface area contributed by atoms with E-state index in [4.69, 9.17) is 16.3 Å². The van der Waals surface area contributed by atoms with Gasteiger partial charge in [-0.05, 0) is 36.0 Å². The Labute approximate surface area is 96.4 Å². The van der Waals surface area contributed by atoms with Gasteiger partial charge in [0, 0.05) is 5.38 Å². The highest BCUT2D eigenvalue weighted by Crippen LogP contribution is 2.27. The third-order valence-corrected chi connectivity index (χ3v) is 3.17. The van der Waals surface area contributed by atoms with Crippen LogP contribution in [-0.2, 0) is 18.0 Å². The number of hydrogen-bond acceptors (Lipinski definition) is 1. The minimum absolute atomic E-state index is 0.240. The van der Waals surface area contributed by atoms with Crippen LogP contribution in [0.4, 0.5) is 0 Å². The molecule has 15 heavy (non-hydrogen) atoms. The van der Waals surface area contributed by atoms with Crippen LogP contribution in [0.15, 0.2) is 18.2 Å². The molecule has 0 aromatic heterocycles. The molecule has 1 aliphatic rings. The molecule has 2 heteroatoms. The summed E-state index contributed by atoms with van der Waals surface area (Å²) in [6, 6.07) is 6.66. The molecule has 82 valence electrons. The van der Waals surface area contributed by atoms with E-state index in [-0.39, 0.29) is 5.38 Å². The third-order valence-electron chi connectivity index (χ3n) is 2.99. The quantitative estimate of drug-likeness (QED) is 0.709. The molecule has 0 saturated heterocycles. The van der Waals surface area contributed by atoms with E-state index in [1.165, 1.54) is 16.7 Å². The van der Waals surface area contributed by atoms with Crippen LogP contribution in [0, 0.1) is 0 Å². The zero-order valence-electron chi connectivity index (χ0n) is 9.29. The number of halogens is 1. The lowest BCUT2D eigenvalue weighted by atomic mass is 9.94. The summed E-state index contributed by atoms with van der Waals surface area (Å²) in [5.74, 6) is 0.531. The molecule has 2 unspecified atom stereocenters. The number of fused-ring (bicyclic) bond motifs is 1. The summed E-state index contributed by atoms with van der Waals surface area (Å²) in [5.41, 5.74) is 4.07. The largest absolute Gasteiger partial charge is 0.372 e. The first-order valence-electron chi connectivity index (χ1n) is 5.50. The fourth-order valence-electron chi connectivity index (χ4n) is 2.12. The van der Waals surface area contributed by atoms with Crippen molar-refractivity contribution in [3.8, 4) is 0 Å². The molecule has 1 nitrogen and oxygen atoms in total. The van der Waals surface area contributed by atoms with E-state index < -0.39 is 0 Å². The highest BCUT2D eigenvalue weighted by atomic mass is 35.5. The summed E-state index contributed by atoms with van der Waals surface area (Å²) in [6.45, 7) is 5.83. The highest BCUT2D eigenvalue weighted by Gasteiger charge is 2.14. The number of rotatable bonds is 3. The van der Waals surface area contributed by atoms with Gasteiger partial charge in [-0.3, -0.25) is 0 Å². The summed E-state index contributed by atoms with van der Waals surface area (Å²) >= 11 is 6.02. The predicted octanol–water partition coefficient (Wildman–Crippen LogP) is 3.84. The van der Waals surface area contributed by atoms with Crippen molar-refractivity contribution in [3.63, 3.8) is 0 Å². The highest BCUT2D eigenvalue weighted by molar-refractivity contribution is 6.20. The van der Waals surface area contributed by atoms with E-state index in [0.717, 1.165) is 19.6 Å². The molecule has 1 heterocycles. The van der Waals surface area contributed by atoms with Crippen molar-refractivity contribution in [2.24, 2.45) is 0 Å². The Hall–Kier alpha value is -0.530. The van der Waals surface area contributed by atoms with Crippen LogP contribution in [0.1, 0.15) is 42.9 Å². The molecule has 0 radical (unpaired) electrons. The molecule has 1 aromatic carbocycles. The molecule has 1 aliphatic heterocycles. The van der Waals surface area contributed by atoms with Crippen LogP contribution in [0.3, 0.4) is 0 Å². The van der Waals surface area contributed by atoms with E-state index in [0.29, 0.717) is 5.92 Å². The minimum atomic E-state index is 0.240. The second kappa shape index (κ2) is 4.54. The van der Waals surface area contributed by atoms with E-state index in [1.807, 2.05) is 0 Å². The zero-order chi connectivity index (χ0) is 10.8. The van der Waals surface area contributed by atoms with Gasteiger partial charge in [0.1, 0.15) is 0 Å². The van der Waals surface area contributed by atoms with Gasteiger partial charge in [0.05, 0.1) is 13.2 Å². The van der Waals surface area contributed by atoms with Crippen molar-refractivity contribution in [2.75, 3.05) is 0 Å². The fourth-order valence-corrected chi connectivity index (χ4v) is 2.39. The van der Waals surface area contributed by atoms with Gasteiger partial charge in [-0.1, -0.05) is 25.1 Å². The first-order valence-corrected chi connectivity index (χ1v) is 5.94. The maximum atomic E-state index is 6.02. The van der Waals surface area contributed by atoms with Gasteiger partial charge in [0.2, 0.25) is 0 Å². The fraction of sp³-hybridized carbons (Fsp3) is 0.538. The average molecular weight is 225 g/mol. The maximum Gasteiger partial charge on any atom is 0.0725 e. The van der Waals surface area contributed by atoms with Crippen LogP contribution >= 0.6 is 11.6 Å². The molecule has 0 amide bonds. The van der Waals surface area contributed by atoms with Crippen molar-refractivity contribution >= 4 is 11.6 Å². The number of alkyl halides is 1. The Morgan fingerprint density at radius 3 is 2.73 bits per heavy atom. The number of benzene rings is 1. The van der Waals surface area contributed by atoms with Crippen LogP contribution < -0.4 is 0 Å². The Kier molecular flexibility index (Phi) is 3.32. The average Bonchev–Trinajstić information content (AvgIpc) is 2.62. The molecule has 0 saturated carbocycles. The SMILES string of the molecule is CC(Cl)CC(C)c1ccc2c(c1)COC2. The normalized spacial score (nSPS) is 18.6. The van der Waals surface area contributed by atoms with E-state index in [9.17, 15) is 0 Å². The summed E-state index contributed by atoms with van der Waals surface area (Å²) in [7, 11) is 0. The van der Waals surface area contributed by atoms with Crippen LogP contribution in [0.5, 0.6) is 0 Å². The van der Waals surface area contributed by atoms with Gasteiger partial charge < -0.3 is 4.74 Å². The smallest absolute Gasteiger partial charge is 0.0725 e. The lowest BCUT2D eigenvalue weighted by Crippen LogP contribution is -2.01. The molecule has 0 N–H and O–H groups in total. The molecule has 2 rings (SSSR count).